The minimum Gasteiger partial charge on any atom is -0.478 e. The third kappa shape index (κ3) is 3.96. The van der Waals surface area contributed by atoms with Crippen LogP contribution in [0.2, 0.25) is 5.02 Å². The molecule has 1 N–H and O–H groups in total. The quantitative estimate of drug-likeness (QED) is 0.657. The van der Waals surface area contributed by atoms with E-state index in [0.29, 0.717) is 22.3 Å². The van der Waals surface area contributed by atoms with Crippen molar-refractivity contribution in [1.82, 2.24) is 10.1 Å². The molecule has 1 aliphatic rings. The van der Waals surface area contributed by atoms with Crippen LogP contribution in [-0.4, -0.2) is 28.1 Å². The molecule has 0 fully saturated rings. The van der Waals surface area contributed by atoms with Gasteiger partial charge < -0.3 is 19.3 Å². The smallest absolute Gasteiger partial charge is 0.310 e. The fourth-order valence-corrected chi connectivity index (χ4v) is 2.74. The Hall–Kier alpha value is -3.39. The van der Waals surface area contributed by atoms with Crippen molar-refractivity contribution in [3.05, 3.63) is 59.4 Å². The number of aromatic nitrogens is 2. The normalized spacial score (nSPS) is 15.3. The Balaban J connectivity index is 1.33. The van der Waals surface area contributed by atoms with Crippen molar-refractivity contribution in [3.63, 3.8) is 0 Å². The first-order chi connectivity index (χ1) is 13.6. The van der Waals surface area contributed by atoms with Gasteiger partial charge in [-0.25, -0.2) is 0 Å². The van der Waals surface area contributed by atoms with Crippen LogP contribution in [0, 0.1) is 0 Å². The summed E-state index contributed by atoms with van der Waals surface area (Å²) < 4.78 is 15.8. The lowest BCUT2D eigenvalue weighted by Crippen LogP contribution is -2.38. The summed E-state index contributed by atoms with van der Waals surface area (Å²) in [4.78, 5) is 28.3. The Morgan fingerprint density at radius 1 is 1.18 bits per heavy atom. The Morgan fingerprint density at radius 3 is 2.79 bits per heavy atom. The number of carbonyl (C=O) groups excluding carboxylic acids is 2. The van der Waals surface area contributed by atoms with Gasteiger partial charge in [-0.1, -0.05) is 28.9 Å². The molecule has 2 heterocycles. The zero-order valence-corrected chi connectivity index (χ0v) is 15.2. The number of ether oxygens (including phenoxy) is 2. The van der Waals surface area contributed by atoms with E-state index in [9.17, 15) is 9.59 Å². The van der Waals surface area contributed by atoms with Crippen LogP contribution in [0.4, 0.5) is 5.69 Å². The second-order valence-electron chi connectivity index (χ2n) is 5.98. The van der Waals surface area contributed by atoms with Gasteiger partial charge in [0.15, 0.2) is 12.7 Å². The number of halogens is 1. The number of fused-ring (bicyclic) bond motifs is 1. The SMILES string of the molecule is O=C(C[C@@H]1Oc2ccccc2NC1=O)OCc1nc(-c2ccc(Cl)cc2)no1. The summed E-state index contributed by atoms with van der Waals surface area (Å²) in [7, 11) is 0. The molecule has 1 aromatic heterocycles. The molecule has 28 heavy (non-hydrogen) atoms. The fourth-order valence-electron chi connectivity index (χ4n) is 2.61. The number of hydrogen-bond acceptors (Lipinski definition) is 7. The molecule has 1 amide bonds. The van der Waals surface area contributed by atoms with Crippen LogP contribution in [-0.2, 0) is 20.9 Å². The molecule has 4 rings (SSSR count). The summed E-state index contributed by atoms with van der Waals surface area (Å²) in [5.74, 6) is -0.0272. The van der Waals surface area contributed by atoms with E-state index in [2.05, 4.69) is 15.5 Å². The predicted octanol–water partition coefficient (Wildman–Crippen LogP) is 3.22. The number of nitrogens with zero attached hydrogens (tertiary/aromatic N) is 2. The van der Waals surface area contributed by atoms with Crippen molar-refractivity contribution in [3.8, 4) is 17.1 Å². The lowest BCUT2D eigenvalue weighted by atomic mass is 10.1. The number of hydrogen-bond donors (Lipinski definition) is 1. The molecule has 9 heteroatoms. The van der Waals surface area contributed by atoms with Crippen LogP contribution in [0.3, 0.4) is 0 Å². The van der Waals surface area contributed by atoms with Crippen molar-refractivity contribution >= 4 is 29.2 Å². The lowest BCUT2D eigenvalue weighted by molar-refractivity contribution is -0.149. The highest BCUT2D eigenvalue weighted by Crippen LogP contribution is 2.29. The molecule has 1 atom stereocenters. The number of amides is 1. The highest BCUT2D eigenvalue weighted by atomic mass is 35.5. The zero-order valence-electron chi connectivity index (χ0n) is 14.4. The van der Waals surface area contributed by atoms with E-state index in [-0.39, 0.29) is 18.9 Å². The largest absolute Gasteiger partial charge is 0.478 e. The molecule has 1 aliphatic heterocycles. The van der Waals surface area contributed by atoms with E-state index in [1.165, 1.54) is 0 Å². The van der Waals surface area contributed by atoms with Crippen molar-refractivity contribution < 1.29 is 23.6 Å². The number of carbonyl (C=O) groups is 2. The summed E-state index contributed by atoms with van der Waals surface area (Å²) in [6.07, 6.45) is -1.20. The predicted molar refractivity (Wildman–Crippen MR) is 98.6 cm³/mol. The van der Waals surface area contributed by atoms with Gasteiger partial charge >= 0.3 is 5.97 Å². The molecule has 0 saturated heterocycles. The van der Waals surface area contributed by atoms with Gasteiger partial charge in [-0.2, -0.15) is 4.98 Å². The third-order valence-electron chi connectivity index (χ3n) is 3.99. The molecule has 0 spiro atoms. The summed E-state index contributed by atoms with van der Waals surface area (Å²) in [6.45, 7) is -0.204. The van der Waals surface area contributed by atoms with E-state index < -0.39 is 18.0 Å². The van der Waals surface area contributed by atoms with Gasteiger partial charge in [0.1, 0.15) is 5.75 Å². The number of rotatable bonds is 5. The number of nitrogens with one attached hydrogen (secondary N) is 1. The molecule has 0 aliphatic carbocycles. The highest BCUT2D eigenvalue weighted by Gasteiger charge is 2.30. The minimum atomic E-state index is -0.963. The van der Waals surface area contributed by atoms with Crippen LogP contribution in [0.25, 0.3) is 11.4 Å². The molecular formula is C19H14ClN3O5. The molecule has 142 valence electrons. The molecule has 0 unspecified atom stereocenters. The zero-order chi connectivity index (χ0) is 19.5. The standard InChI is InChI=1S/C19H14ClN3O5/c20-12-7-5-11(6-8-12)18-22-16(28-23-18)10-26-17(24)9-15-19(25)21-13-3-1-2-4-14(13)27-15/h1-8,15H,9-10H2,(H,21,25)/t15-/m0/s1. The first-order valence-corrected chi connectivity index (χ1v) is 8.77. The van der Waals surface area contributed by atoms with Gasteiger partial charge in [0, 0.05) is 10.6 Å². The highest BCUT2D eigenvalue weighted by molar-refractivity contribution is 6.30. The molecule has 3 aromatic rings. The van der Waals surface area contributed by atoms with Crippen molar-refractivity contribution in [2.24, 2.45) is 0 Å². The van der Waals surface area contributed by atoms with Gasteiger partial charge in [-0.15, -0.1) is 0 Å². The first-order valence-electron chi connectivity index (χ1n) is 8.39. The van der Waals surface area contributed by atoms with Gasteiger partial charge in [-0.3, -0.25) is 9.59 Å². The van der Waals surface area contributed by atoms with Crippen LogP contribution in [0.1, 0.15) is 12.3 Å². The van der Waals surface area contributed by atoms with Crippen LogP contribution in [0.15, 0.2) is 53.1 Å². The molecule has 0 bridgehead atoms. The van der Waals surface area contributed by atoms with Crippen LogP contribution < -0.4 is 10.1 Å². The Labute approximate surface area is 164 Å². The second kappa shape index (κ2) is 7.69. The van der Waals surface area contributed by atoms with Crippen molar-refractivity contribution in [2.75, 3.05) is 5.32 Å². The van der Waals surface area contributed by atoms with E-state index in [4.69, 9.17) is 25.6 Å². The lowest BCUT2D eigenvalue weighted by Gasteiger charge is -2.24. The number of esters is 1. The summed E-state index contributed by atoms with van der Waals surface area (Å²) in [6, 6.07) is 13.9. The summed E-state index contributed by atoms with van der Waals surface area (Å²) >= 11 is 5.85. The van der Waals surface area contributed by atoms with Gasteiger partial charge in [-0.05, 0) is 36.4 Å². The fraction of sp³-hybridized carbons (Fsp3) is 0.158. The monoisotopic (exact) mass is 399 g/mol. The molecule has 0 radical (unpaired) electrons. The maximum atomic E-state index is 12.1. The van der Waals surface area contributed by atoms with E-state index >= 15 is 0 Å². The average Bonchev–Trinajstić information content (AvgIpc) is 3.16. The second-order valence-corrected chi connectivity index (χ2v) is 6.41. The molecule has 0 saturated carbocycles. The summed E-state index contributed by atoms with van der Waals surface area (Å²) in [5, 5.41) is 7.13. The topological polar surface area (TPSA) is 104 Å². The summed E-state index contributed by atoms with van der Waals surface area (Å²) in [5.41, 5.74) is 1.29. The first kappa shape index (κ1) is 18.0. The average molecular weight is 400 g/mol. The third-order valence-corrected chi connectivity index (χ3v) is 4.24. The van der Waals surface area contributed by atoms with Crippen LogP contribution >= 0.6 is 11.6 Å². The number of benzene rings is 2. The molecular weight excluding hydrogens is 386 g/mol. The Bertz CT molecular complexity index is 1020. The van der Waals surface area contributed by atoms with Crippen molar-refractivity contribution in [1.29, 1.82) is 0 Å². The maximum Gasteiger partial charge on any atom is 0.310 e. The minimum absolute atomic E-state index is 0.137. The number of para-hydroxylation sites is 2. The van der Waals surface area contributed by atoms with Gasteiger partial charge in [0.2, 0.25) is 5.82 Å². The molecule has 2 aromatic carbocycles. The van der Waals surface area contributed by atoms with Crippen LogP contribution in [0.5, 0.6) is 5.75 Å². The Kier molecular flexibility index (Phi) is 4.94. The van der Waals surface area contributed by atoms with E-state index in [0.717, 1.165) is 5.56 Å². The van der Waals surface area contributed by atoms with Crippen molar-refractivity contribution in [2.45, 2.75) is 19.1 Å². The van der Waals surface area contributed by atoms with E-state index in [1.807, 2.05) is 0 Å². The molecule has 8 nitrogen and oxygen atoms in total. The maximum absolute atomic E-state index is 12.1. The van der Waals surface area contributed by atoms with Gasteiger partial charge in [0.25, 0.3) is 11.8 Å². The number of anilines is 1. The van der Waals surface area contributed by atoms with Gasteiger partial charge in [0.05, 0.1) is 12.1 Å². The Morgan fingerprint density at radius 2 is 1.96 bits per heavy atom. The van der Waals surface area contributed by atoms with E-state index in [1.54, 1.807) is 48.5 Å².